The predicted octanol–water partition coefficient (Wildman–Crippen LogP) is 3.54. The Morgan fingerprint density at radius 1 is 1.19 bits per heavy atom. The van der Waals surface area contributed by atoms with Crippen molar-refractivity contribution < 1.29 is 23.1 Å². The number of nitrogens with zero attached hydrogens (tertiary/aromatic N) is 2. The maximum atomic E-state index is 12.6. The number of alkyl halides is 3. The molecule has 2 N–H and O–H groups in total. The Morgan fingerprint density at radius 2 is 1.85 bits per heavy atom. The van der Waals surface area contributed by atoms with E-state index in [0.717, 1.165) is 23.3 Å². The lowest BCUT2D eigenvalue weighted by molar-refractivity contribution is -0.147. The van der Waals surface area contributed by atoms with Crippen LogP contribution in [0.15, 0.2) is 36.7 Å². The maximum Gasteiger partial charge on any atom is 0.416 e. The molecule has 5 nitrogen and oxygen atoms in total. The van der Waals surface area contributed by atoms with Crippen molar-refractivity contribution in [3.05, 3.63) is 53.3 Å². The summed E-state index contributed by atoms with van der Waals surface area (Å²) in [4.78, 5) is 11.0. The van der Waals surface area contributed by atoms with Crippen LogP contribution in [0.2, 0.25) is 0 Å². The number of nitrogens with one attached hydrogen (secondary N) is 1. The van der Waals surface area contributed by atoms with E-state index in [9.17, 15) is 18.0 Å². The normalized spacial score (nSPS) is 12.3. The molecule has 0 radical (unpaired) electrons. The highest BCUT2D eigenvalue weighted by Gasteiger charge is 2.30. The molecule has 0 aliphatic carbocycles. The largest absolute Gasteiger partial charge is 0.481 e. The molecule has 1 aromatic carbocycles. The average Bonchev–Trinajstić information content (AvgIpc) is 2.98. The second-order valence-corrected chi connectivity index (χ2v) is 6.86. The van der Waals surface area contributed by atoms with Crippen LogP contribution >= 0.6 is 0 Å². The SMILES string of the molecule is CC(C)(CCNCc1cnn(Cc2ccc(C(F)(F)F)cc2)c1)C(=O)O. The van der Waals surface area contributed by atoms with Gasteiger partial charge >= 0.3 is 12.1 Å². The number of rotatable bonds is 8. The van der Waals surface area contributed by atoms with Crippen LogP contribution in [0.25, 0.3) is 0 Å². The van der Waals surface area contributed by atoms with E-state index in [0.29, 0.717) is 26.1 Å². The monoisotopic (exact) mass is 369 g/mol. The van der Waals surface area contributed by atoms with Crippen LogP contribution in [0.3, 0.4) is 0 Å². The zero-order chi connectivity index (χ0) is 19.4. The van der Waals surface area contributed by atoms with E-state index in [-0.39, 0.29) is 0 Å². The number of aromatic nitrogens is 2. The Kier molecular flexibility index (Phi) is 6.07. The molecule has 2 aromatic rings. The Bertz CT molecular complexity index is 737. The fourth-order valence-electron chi connectivity index (χ4n) is 2.31. The minimum absolute atomic E-state index is 0.379. The van der Waals surface area contributed by atoms with Crippen LogP contribution in [0, 0.1) is 5.41 Å². The molecule has 0 aliphatic rings. The van der Waals surface area contributed by atoms with Crippen molar-refractivity contribution in [2.45, 2.75) is 39.5 Å². The van der Waals surface area contributed by atoms with E-state index in [1.807, 2.05) is 6.20 Å². The third-order valence-corrected chi connectivity index (χ3v) is 4.15. The highest BCUT2D eigenvalue weighted by Crippen LogP contribution is 2.29. The van der Waals surface area contributed by atoms with Gasteiger partial charge in [-0.05, 0) is 44.5 Å². The molecular weight excluding hydrogens is 347 g/mol. The third-order valence-electron chi connectivity index (χ3n) is 4.15. The summed E-state index contributed by atoms with van der Waals surface area (Å²) >= 11 is 0. The summed E-state index contributed by atoms with van der Waals surface area (Å²) in [6.07, 6.45) is -0.341. The Labute approximate surface area is 149 Å². The predicted molar refractivity (Wildman–Crippen MR) is 90.5 cm³/mol. The molecule has 0 saturated carbocycles. The highest BCUT2D eigenvalue weighted by molar-refractivity contribution is 5.73. The van der Waals surface area contributed by atoms with Gasteiger partial charge in [0.05, 0.1) is 23.7 Å². The molecule has 0 fully saturated rings. The lowest BCUT2D eigenvalue weighted by atomic mass is 9.90. The van der Waals surface area contributed by atoms with Crippen LogP contribution in [-0.4, -0.2) is 27.4 Å². The molecule has 0 amide bonds. The summed E-state index contributed by atoms with van der Waals surface area (Å²) in [5, 5.41) is 16.4. The van der Waals surface area contributed by atoms with Gasteiger partial charge in [0.1, 0.15) is 0 Å². The van der Waals surface area contributed by atoms with Gasteiger partial charge in [-0.15, -0.1) is 0 Å². The van der Waals surface area contributed by atoms with Crippen LogP contribution in [0.5, 0.6) is 0 Å². The van der Waals surface area contributed by atoms with E-state index in [4.69, 9.17) is 5.11 Å². The topological polar surface area (TPSA) is 67.2 Å². The van der Waals surface area contributed by atoms with E-state index < -0.39 is 23.1 Å². The van der Waals surface area contributed by atoms with Crippen molar-refractivity contribution in [2.75, 3.05) is 6.54 Å². The molecule has 142 valence electrons. The van der Waals surface area contributed by atoms with E-state index in [1.165, 1.54) is 12.1 Å². The number of carboxylic acids is 1. The van der Waals surface area contributed by atoms with Gasteiger partial charge in [-0.1, -0.05) is 12.1 Å². The molecule has 2 rings (SSSR count). The van der Waals surface area contributed by atoms with Crippen LogP contribution in [0.4, 0.5) is 13.2 Å². The number of benzene rings is 1. The first-order valence-corrected chi connectivity index (χ1v) is 8.19. The molecule has 1 heterocycles. The van der Waals surface area contributed by atoms with E-state index in [1.54, 1.807) is 24.7 Å². The lowest BCUT2D eigenvalue weighted by Gasteiger charge is -2.18. The Hall–Kier alpha value is -2.35. The van der Waals surface area contributed by atoms with Crippen LogP contribution < -0.4 is 5.32 Å². The summed E-state index contributed by atoms with van der Waals surface area (Å²) < 4.78 is 39.3. The second-order valence-electron chi connectivity index (χ2n) is 6.86. The Balaban J connectivity index is 1.83. The fraction of sp³-hybridized carbons (Fsp3) is 0.444. The molecule has 0 unspecified atom stereocenters. The molecule has 0 atom stereocenters. The molecule has 26 heavy (non-hydrogen) atoms. The molecule has 0 aliphatic heterocycles. The van der Waals surface area contributed by atoms with Crippen molar-refractivity contribution in [3.63, 3.8) is 0 Å². The zero-order valence-electron chi connectivity index (χ0n) is 14.7. The van der Waals surface area contributed by atoms with Crippen LogP contribution in [0.1, 0.15) is 37.0 Å². The number of hydrogen-bond donors (Lipinski definition) is 2. The number of aliphatic carboxylic acids is 1. The minimum Gasteiger partial charge on any atom is -0.481 e. The van der Waals surface area contributed by atoms with Crippen molar-refractivity contribution in [1.82, 2.24) is 15.1 Å². The first-order chi connectivity index (χ1) is 12.1. The molecule has 0 saturated heterocycles. The van der Waals surface area contributed by atoms with Gasteiger partial charge in [-0.25, -0.2) is 0 Å². The number of carbonyl (C=O) groups is 1. The molecular formula is C18H22F3N3O2. The van der Waals surface area contributed by atoms with Gasteiger partial charge < -0.3 is 10.4 Å². The standard InChI is InChI=1S/C18H22F3N3O2/c1-17(2,16(25)26)7-8-22-9-14-10-23-24(12-14)11-13-3-5-15(6-4-13)18(19,20)21/h3-6,10,12,22H,7-9,11H2,1-2H3,(H,25,26). The zero-order valence-corrected chi connectivity index (χ0v) is 14.7. The highest BCUT2D eigenvalue weighted by atomic mass is 19.4. The molecule has 1 aromatic heterocycles. The van der Waals surface area contributed by atoms with E-state index in [2.05, 4.69) is 10.4 Å². The van der Waals surface area contributed by atoms with Crippen molar-refractivity contribution in [3.8, 4) is 0 Å². The summed E-state index contributed by atoms with van der Waals surface area (Å²) in [5.74, 6) is -0.830. The third kappa shape index (κ3) is 5.59. The van der Waals surface area contributed by atoms with Gasteiger partial charge in [0.15, 0.2) is 0 Å². The number of halogens is 3. The average molecular weight is 369 g/mol. The second kappa shape index (κ2) is 7.90. The summed E-state index contributed by atoms with van der Waals surface area (Å²) in [7, 11) is 0. The summed E-state index contributed by atoms with van der Waals surface area (Å²) in [6, 6.07) is 5.00. The van der Waals surface area contributed by atoms with Crippen molar-refractivity contribution in [1.29, 1.82) is 0 Å². The van der Waals surface area contributed by atoms with Crippen LogP contribution in [-0.2, 0) is 24.1 Å². The summed E-state index contributed by atoms with van der Waals surface area (Å²) in [6.45, 7) is 4.84. The number of hydrogen-bond acceptors (Lipinski definition) is 3. The maximum absolute atomic E-state index is 12.6. The van der Waals surface area contributed by atoms with Crippen molar-refractivity contribution in [2.24, 2.45) is 5.41 Å². The van der Waals surface area contributed by atoms with Crippen molar-refractivity contribution >= 4 is 5.97 Å². The Morgan fingerprint density at radius 3 is 2.42 bits per heavy atom. The van der Waals surface area contributed by atoms with E-state index >= 15 is 0 Å². The molecule has 8 heteroatoms. The quantitative estimate of drug-likeness (QED) is 0.699. The van der Waals surface area contributed by atoms with Gasteiger partial charge in [-0.3, -0.25) is 9.48 Å². The molecule has 0 bridgehead atoms. The lowest BCUT2D eigenvalue weighted by Crippen LogP contribution is -2.28. The first-order valence-electron chi connectivity index (χ1n) is 8.19. The summed E-state index contributed by atoms with van der Waals surface area (Å²) in [5.41, 5.74) is 0.199. The number of carboxylic acid groups (broad SMARTS) is 1. The first kappa shape index (κ1) is 20.0. The van der Waals surface area contributed by atoms with Gasteiger partial charge in [0.25, 0.3) is 0 Å². The van der Waals surface area contributed by atoms with Gasteiger partial charge in [-0.2, -0.15) is 18.3 Å². The smallest absolute Gasteiger partial charge is 0.416 e. The van der Waals surface area contributed by atoms with Gasteiger partial charge in [0, 0.05) is 18.3 Å². The molecule has 0 spiro atoms. The fourth-order valence-corrected chi connectivity index (χ4v) is 2.31. The van der Waals surface area contributed by atoms with Gasteiger partial charge in [0.2, 0.25) is 0 Å². The minimum atomic E-state index is -4.34.